The van der Waals surface area contributed by atoms with Crippen LogP contribution in [0.1, 0.15) is 130 Å². The molecular weight excluding hydrogens is 1560 g/mol. The van der Waals surface area contributed by atoms with Crippen LogP contribution in [0.4, 0.5) is 0 Å². The maximum Gasteiger partial charge on any atom is 0.229 e. The molecule has 117 heavy (non-hydrogen) atoms. The fourth-order valence-corrected chi connectivity index (χ4v) is 14.0. The van der Waals surface area contributed by atoms with Crippen LogP contribution in [-0.4, -0.2) is 431 Å². The highest BCUT2D eigenvalue weighted by atomic mass is 16.8. The molecule has 5 fully saturated rings. The number of hydrogen-bond donors (Lipinski definition) is 21. The zero-order valence-corrected chi connectivity index (χ0v) is 68.1. The number of rotatable bonds is 61. The van der Waals surface area contributed by atoms with Gasteiger partial charge in [-0.2, -0.15) is 0 Å². The lowest BCUT2D eigenvalue weighted by molar-refractivity contribution is -0.366. The van der Waals surface area contributed by atoms with Crippen molar-refractivity contribution in [3.8, 4) is 0 Å². The predicted molar refractivity (Wildman–Crippen MR) is 402 cm³/mol. The zero-order valence-electron chi connectivity index (χ0n) is 68.1. The maximum absolute atomic E-state index is 12.0. The quantitative estimate of drug-likeness (QED) is 0.0253. The van der Waals surface area contributed by atoms with Crippen LogP contribution in [0.25, 0.3) is 0 Å². The summed E-state index contributed by atoms with van der Waals surface area (Å²) in [6.45, 7) is 2.64. The molecule has 0 aromatic rings. The number of unbranched alkanes of at least 4 members (excludes halogenated alkanes) is 12. The highest BCUT2D eigenvalue weighted by molar-refractivity contribution is 5.14. The van der Waals surface area contributed by atoms with Crippen molar-refractivity contribution in [2.45, 2.75) is 302 Å². The highest BCUT2D eigenvalue weighted by Crippen LogP contribution is 2.37. The van der Waals surface area contributed by atoms with Gasteiger partial charge in [-0.3, -0.25) is 0 Å². The Morgan fingerprint density at radius 3 is 0.923 bits per heavy atom. The Balaban J connectivity index is 1.40. The fourth-order valence-electron chi connectivity index (χ4n) is 14.0. The average Bonchev–Trinajstić information content (AvgIpc) is 0.789. The van der Waals surface area contributed by atoms with Gasteiger partial charge >= 0.3 is 0 Å². The summed E-state index contributed by atoms with van der Waals surface area (Å²) in [5.74, 6) is -2.57. The third-order valence-corrected chi connectivity index (χ3v) is 21.4. The van der Waals surface area contributed by atoms with E-state index in [0.717, 1.165) is 103 Å². The van der Waals surface area contributed by atoms with Crippen molar-refractivity contribution in [1.82, 2.24) is 0 Å². The second-order valence-electron chi connectivity index (χ2n) is 31.4. The molecule has 0 saturated carbocycles. The Kier molecular flexibility index (Phi) is 49.6. The Morgan fingerprint density at radius 1 is 0.291 bits per heavy atom. The van der Waals surface area contributed by atoms with E-state index in [4.69, 9.17) is 90.0 Å². The summed E-state index contributed by atoms with van der Waals surface area (Å²) < 4.78 is 116. The van der Waals surface area contributed by atoms with Gasteiger partial charge in [0.2, 0.25) is 12.6 Å². The van der Waals surface area contributed by atoms with Gasteiger partial charge in [0.15, 0.2) is 36.7 Å². The molecule has 40 nitrogen and oxygen atoms in total. The van der Waals surface area contributed by atoms with Gasteiger partial charge in [-0.25, -0.2) is 0 Å². The minimum Gasteiger partial charge on any atom is -0.460 e. The smallest absolute Gasteiger partial charge is 0.229 e. The Hall–Kier alpha value is -2.18. The van der Waals surface area contributed by atoms with Crippen molar-refractivity contribution >= 4 is 0 Å². The molecule has 0 bridgehead atoms. The third kappa shape index (κ3) is 32.0. The van der Waals surface area contributed by atoms with Gasteiger partial charge < -0.3 is 197 Å². The van der Waals surface area contributed by atoms with E-state index in [1.54, 1.807) is 0 Å². The molecule has 0 amide bonds. The standard InChI is InChI=1S/C77H142O40/c1-5-9-13-17-21-99-31-44(32-100-22-18-14-10-6-2)35-103-37-46(38-104-36-45(33-101-23-19-15-11-7-3)34-102-24-20-16-12-8-4)39-105-40-77(41-106-71-65(96)59(90)68(50(28-81)112-71)115-74-62(93)56(87)53(84)47(25-78)109-74,42-107-72-66(97)60(91)69(51(29-82)113-72)116-75-63(94)57(88)54(85)48(26-79)110-75)43-108-73-67(98)61(92)70(52(30-83)114-73)117-76-64(95)58(89)55(86)49(27-80)111-76/h44-51,53-69,71-76,78-98H,5-43H2,1-4H3/t47?,48?,49?,50?,51?,53-,54-,55-,56?,57?,58?,59?,60?,61?,62?,63?,64?,65?,66?,67?,68-,69-,71-,72-,73-,74-,75+,76-,77?/m1/s1. The summed E-state index contributed by atoms with van der Waals surface area (Å²) in [5.41, 5.74) is -2.09. The first-order chi connectivity index (χ1) is 56.3. The number of aliphatic hydroxyl groups is 21. The van der Waals surface area contributed by atoms with Crippen molar-refractivity contribution in [1.29, 1.82) is 0 Å². The molecule has 0 aromatic carbocycles. The van der Waals surface area contributed by atoms with Crippen molar-refractivity contribution in [3.05, 3.63) is 11.5 Å². The van der Waals surface area contributed by atoms with Gasteiger partial charge in [0.05, 0.1) is 124 Å². The van der Waals surface area contributed by atoms with Crippen LogP contribution in [0.3, 0.4) is 0 Å². The van der Waals surface area contributed by atoms with E-state index in [1.165, 1.54) is 0 Å². The number of ether oxygens (including phenoxy) is 19. The van der Waals surface area contributed by atoms with E-state index in [1.807, 2.05) is 0 Å². The van der Waals surface area contributed by atoms with E-state index in [9.17, 15) is 107 Å². The molecule has 0 aromatic heterocycles. The largest absolute Gasteiger partial charge is 0.460 e. The minimum absolute atomic E-state index is 0.0277. The Labute approximate surface area is 684 Å². The molecule has 6 aliphatic rings. The van der Waals surface area contributed by atoms with E-state index in [-0.39, 0.29) is 44.9 Å². The number of hydrogen-bond acceptors (Lipinski definition) is 40. The summed E-state index contributed by atoms with van der Waals surface area (Å²) in [5, 5.41) is 230. The van der Waals surface area contributed by atoms with E-state index in [2.05, 4.69) is 27.7 Å². The van der Waals surface area contributed by atoms with Crippen molar-refractivity contribution < 1.29 is 197 Å². The second-order valence-corrected chi connectivity index (χ2v) is 31.4. The zero-order chi connectivity index (χ0) is 85.6. The van der Waals surface area contributed by atoms with Gasteiger partial charge in [-0.15, -0.1) is 0 Å². The highest BCUT2D eigenvalue weighted by Gasteiger charge is 2.55. The lowest BCUT2D eigenvalue weighted by Crippen LogP contribution is -2.65. The molecule has 18 unspecified atom stereocenters. The molecule has 690 valence electrons. The Morgan fingerprint density at radius 2 is 0.590 bits per heavy atom. The second kappa shape index (κ2) is 56.0. The lowest BCUT2D eigenvalue weighted by atomic mass is 9.91. The van der Waals surface area contributed by atoms with Crippen LogP contribution in [0.15, 0.2) is 11.5 Å². The summed E-state index contributed by atoms with van der Waals surface area (Å²) in [6, 6.07) is 0. The summed E-state index contributed by atoms with van der Waals surface area (Å²) in [7, 11) is 0. The topological polar surface area (TPSA) is 600 Å². The first kappa shape index (κ1) is 104. The van der Waals surface area contributed by atoms with Gasteiger partial charge in [-0.1, -0.05) is 105 Å². The molecular formula is C77H142O40. The first-order valence-electron chi connectivity index (χ1n) is 41.7. The molecule has 5 saturated heterocycles. The van der Waals surface area contributed by atoms with Crippen molar-refractivity contribution in [3.63, 3.8) is 0 Å². The van der Waals surface area contributed by atoms with E-state index in [0.29, 0.717) is 52.9 Å². The molecule has 6 heterocycles. The average molecular weight is 1710 g/mol. The molecule has 40 heteroatoms. The van der Waals surface area contributed by atoms with Crippen molar-refractivity contribution in [2.75, 3.05) is 152 Å². The van der Waals surface area contributed by atoms with Gasteiger partial charge in [0, 0.05) is 44.2 Å². The Bertz CT molecular complexity index is 2420. The monoisotopic (exact) mass is 1710 g/mol. The molecule has 0 aliphatic carbocycles. The van der Waals surface area contributed by atoms with Crippen LogP contribution in [0.5, 0.6) is 0 Å². The van der Waals surface area contributed by atoms with E-state index >= 15 is 0 Å². The van der Waals surface area contributed by atoms with Crippen LogP contribution >= 0.6 is 0 Å². The van der Waals surface area contributed by atoms with Crippen molar-refractivity contribution in [2.24, 2.45) is 23.2 Å². The summed E-state index contributed by atoms with van der Waals surface area (Å²) in [6.07, 6.45) is -38.5. The number of aliphatic hydroxyl groups excluding tert-OH is 21. The maximum atomic E-state index is 12.0. The van der Waals surface area contributed by atoms with Gasteiger partial charge in [0.25, 0.3) is 0 Å². The van der Waals surface area contributed by atoms with Gasteiger partial charge in [-0.05, 0) is 25.7 Å². The summed E-state index contributed by atoms with van der Waals surface area (Å²) in [4.78, 5) is 0. The van der Waals surface area contributed by atoms with Gasteiger partial charge in [0.1, 0.15) is 141 Å². The molecule has 0 radical (unpaired) electrons. The normalized spacial score (nSPS) is 35.1. The third-order valence-electron chi connectivity index (χ3n) is 21.4. The van der Waals surface area contributed by atoms with Crippen LogP contribution in [-0.2, 0) is 90.0 Å². The molecule has 29 atom stereocenters. The fraction of sp³-hybridized carbons (Fsp3) is 0.974. The lowest BCUT2D eigenvalue weighted by Gasteiger charge is -2.47. The summed E-state index contributed by atoms with van der Waals surface area (Å²) >= 11 is 0. The first-order valence-corrected chi connectivity index (χ1v) is 41.7. The molecule has 21 N–H and O–H groups in total. The molecule has 0 spiro atoms. The minimum atomic E-state index is -2.26. The van der Waals surface area contributed by atoms with Crippen LogP contribution in [0, 0.1) is 23.2 Å². The van der Waals surface area contributed by atoms with Crippen LogP contribution in [0.2, 0.25) is 0 Å². The molecule has 6 aliphatic heterocycles. The van der Waals surface area contributed by atoms with E-state index < -0.39 is 261 Å². The predicted octanol–water partition coefficient (Wildman–Crippen LogP) is -5.34. The van der Waals surface area contributed by atoms with Crippen LogP contribution < -0.4 is 0 Å². The molecule has 6 rings (SSSR count). The SMILES string of the molecule is CCCCCCOCC(COCCCCCC)COCC(COCC(COCCCCCC)COCCCCCC)COCC(CO[C@@H]1OC(CO)=C(O[C@H]2OC(CO)[C@@H](O)C(O)C2O)C(O)C1O)(CO[C@@H]1OC(CO)[C@@H](O[C@H]2OC(CO)[C@@H](O)C(O)C2O)C(O)C1O)CO[C@@H]1OC(CO)[C@@H](O[C@@H]2OC(CO)[C@@H](O)C(O)C2O)C(O)C1O.